The summed E-state index contributed by atoms with van der Waals surface area (Å²) in [6.45, 7) is 4.87. The average molecular weight is 580 g/mol. The molecule has 6 nitrogen and oxygen atoms in total. The number of halogens is 5. The third kappa shape index (κ3) is 6.54. The van der Waals surface area contributed by atoms with Gasteiger partial charge in [-0.15, -0.1) is 0 Å². The normalized spacial score (nSPS) is 20.0. The number of hydrogen-bond donors (Lipinski definition) is 2. The fraction of sp³-hybridized carbons (Fsp3) is 0.500. The molecule has 1 heterocycles. The largest absolute Gasteiger partial charge is 0.416 e. The number of fused-ring (bicyclic) bond motifs is 1. The van der Waals surface area contributed by atoms with Crippen LogP contribution in [-0.4, -0.2) is 41.2 Å². The minimum absolute atomic E-state index is 0.150. The van der Waals surface area contributed by atoms with Gasteiger partial charge in [-0.2, -0.15) is 13.2 Å². The SMILES string of the molecule is CC[C@@H](C)C(=O)N[C@@H](Cc1cc(C)c(C(F)(F)F)cc1F)C(=O)N1CCC[C@H]1C(=O)NC1CCc2c(F)cccc21. The zero-order valence-electron chi connectivity index (χ0n) is 23.2. The molecule has 1 aliphatic heterocycles. The highest BCUT2D eigenvalue weighted by molar-refractivity contribution is 5.93. The van der Waals surface area contributed by atoms with Crippen LogP contribution in [0.25, 0.3) is 0 Å². The van der Waals surface area contributed by atoms with Crippen molar-refractivity contribution in [1.29, 1.82) is 0 Å². The van der Waals surface area contributed by atoms with Gasteiger partial charge in [0.05, 0.1) is 11.6 Å². The Balaban J connectivity index is 1.56. The van der Waals surface area contributed by atoms with Crippen molar-refractivity contribution < 1.29 is 36.3 Å². The number of rotatable bonds is 8. The van der Waals surface area contributed by atoms with E-state index in [1.165, 1.54) is 17.9 Å². The summed E-state index contributed by atoms with van der Waals surface area (Å²) in [4.78, 5) is 41.3. The number of nitrogens with zero attached hydrogens (tertiary/aromatic N) is 1. The molecule has 0 bridgehead atoms. The lowest BCUT2D eigenvalue weighted by Gasteiger charge is -2.30. The van der Waals surface area contributed by atoms with Crippen LogP contribution in [0.5, 0.6) is 0 Å². The van der Waals surface area contributed by atoms with Gasteiger partial charge in [-0.05, 0) is 73.4 Å². The lowest BCUT2D eigenvalue weighted by atomic mass is 9.97. The van der Waals surface area contributed by atoms with E-state index in [-0.39, 0.29) is 29.9 Å². The number of alkyl halides is 3. The van der Waals surface area contributed by atoms with Gasteiger partial charge in [0.15, 0.2) is 0 Å². The van der Waals surface area contributed by atoms with Crippen molar-refractivity contribution in [2.75, 3.05) is 6.54 Å². The van der Waals surface area contributed by atoms with E-state index in [2.05, 4.69) is 10.6 Å². The molecule has 2 aromatic rings. The molecule has 0 spiro atoms. The summed E-state index contributed by atoms with van der Waals surface area (Å²) >= 11 is 0. The first kappa shape index (κ1) is 30.5. The molecule has 1 saturated heterocycles. The fourth-order valence-electron chi connectivity index (χ4n) is 5.65. The predicted octanol–water partition coefficient (Wildman–Crippen LogP) is 5.16. The molecule has 4 atom stereocenters. The highest BCUT2D eigenvalue weighted by Gasteiger charge is 2.40. The van der Waals surface area contributed by atoms with Crippen LogP contribution >= 0.6 is 0 Å². The summed E-state index contributed by atoms with van der Waals surface area (Å²) in [5, 5.41) is 5.57. The maximum absolute atomic E-state index is 14.9. The van der Waals surface area contributed by atoms with Gasteiger partial charge < -0.3 is 15.5 Å². The summed E-state index contributed by atoms with van der Waals surface area (Å²) < 4.78 is 68.9. The molecule has 0 saturated carbocycles. The van der Waals surface area contributed by atoms with Gasteiger partial charge >= 0.3 is 6.18 Å². The van der Waals surface area contributed by atoms with E-state index in [9.17, 15) is 36.3 Å². The fourth-order valence-corrected chi connectivity index (χ4v) is 5.65. The molecular weight excluding hydrogens is 545 g/mol. The monoisotopic (exact) mass is 579 g/mol. The van der Waals surface area contributed by atoms with E-state index in [1.54, 1.807) is 26.0 Å². The van der Waals surface area contributed by atoms with E-state index in [0.29, 0.717) is 49.3 Å². The van der Waals surface area contributed by atoms with Crippen LogP contribution in [0.1, 0.15) is 73.4 Å². The quantitative estimate of drug-likeness (QED) is 0.424. The molecule has 3 amide bonds. The van der Waals surface area contributed by atoms with Gasteiger partial charge in [0.2, 0.25) is 17.7 Å². The van der Waals surface area contributed by atoms with Crippen LogP contribution in [0.2, 0.25) is 0 Å². The Morgan fingerprint density at radius 2 is 1.83 bits per heavy atom. The summed E-state index contributed by atoms with van der Waals surface area (Å²) in [6.07, 6.45) is -2.79. The Labute approximate surface area is 235 Å². The third-order valence-corrected chi connectivity index (χ3v) is 8.17. The Morgan fingerprint density at radius 3 is 2.51 bits per heavy atom. The van der Waals surface area contributed by atoms with E-state index in [1.807, 2.05) is 0 Å². The minimum Gasteiger partial charge on any atom is -0.347 e. The van der Waals surface area contributed by atoms with Gasteiger partial charge in [0.25, 0.3) is 0 Å². The highest BCUT2D eigenvalue weighted by Crippen LogP contribution is 2.35. The first-order valence-corrected chi connectivity index (χ1v) is 13.9. The number of nitrogens with one attached hydrogen (secondary N) is 2. The molecule has 41 heavy (non-hydrogen) atoms. The average Bonchev–Trinajstić information content (AvgIpc) is 3.57. The van der Waals surface area contributed by atoms with Crippen LogP contribution in [0.4, 0.5) is 22.0 Å². The van der Waals surface area contributed by atoms with Crippen molar-refractivity contribution in [3.05, 3.63) is 69.8 Å². The summed E-state index contributed by atoms with van der Waals surface area (Å²) in [7, 11) is 0. The number of carbonyl (C=O) groups excluding carboxylic acids is 3. The number of aryl methyl sites for hydroxylation is 1. The maximum atomic E-state index is 14.9. The van der Waals surface area contributed by atoms with Crippen LogP contribution in [0, 0.1) is 24.5 Å². The lowest BCUT2D eigenvalue weighted by Crippen LogP contribution is -2.55. The maximum Gasteiger partial charge on any atom is 0.416 e. The number of amides is 3. The van der Waals surface area contributed by atoms with Crippen LogP contribution in [0.15, 0.2) is 30.3 Å². The molecule has 11 heteroatoms. The van der Waals surface area contributed by atoms with E-state index in [0.717, 1.165) is 6.07 Å². The van der Waals surface area contributed by atoms with E-state index in [4.69, 9.17) is 0 Å². The van der Waals surface area contributed by atoms with Gasteiger partial charge in [0, 0.05) is 18.9 Å². The second kappa shape index (κ2) is 12.2. The topological polar surface area (TPSA) is 78.5 Å². The minimum atomic E-state index is -4.74. The zero-order chi connectivity index (χ0) is 30.1. The van der Waals surface area contributed by atoms with Crippen molar-refractivity contribution in [2.45, 2.75) is 83.6 Å². The molecule has 1 aliphatic carbocycles. The molecule has 0 radical (unpaired) electrons. The molecule has 2 aliphatic rings. The molecule has 0 aromatic heterocycles. The Morgan fingerprint density at radius 1 is 1.10 bits per heavy atom. The number of benzene rings is 2. The van der Waals surface area contributed by atoms with Gasteiger partial charge in [0.1, 0.15) is 23.7 Å². The van der Waals surface area contributed by atoms with Crippen molar-refractivity contribution in [1.82, 2.24) is 15.5 Å². The lowest BCUT2D eigenvalue weighted by molar-refractivity contribution is -0.142. The second-order valence-corrected chi connectivity index (χ2v) is 10.9. The van der Waals surface area contributed by atoms with Gasteiger partial charge in [-0.25, -0.2) is 8.78 Å². The molecule has 2 aromatic carbocycles. The zero-order valence-corrected chi connectivity index (χ0v) is 23.2. The van der Waals surface area contributed by atoms with Crippen LogP contribution < -0.4 is 10.6 Å². The molecule has 1 unspecified atom stereocenters. The summed E-state index contributed by atoms with van der Waals surface area (Å²) in [6, 6.07) is 3.59. The molecule has 1 fully saturated rings. The Bertz CT molecular complexity index is 1330. The third-order valence-electron chi connectivity index (χ3n) is 8.17. The highest BCUT2D eigenvalue weighted by atomic mass is 19.4. The predicted molar refractivity (Wildman–Crippen MR) is 142 cm³/mol. The number of carbonyl (C=O) groups is 3. The van der Waals surface area contributed by atoms with Crippen LogP contribution in [-0.2, 0) is 33.4 Å². The molecule has 222 valence electrons. The van der Waals surface area contributed by atoms with Gasteiger partial charge in [-0.1, -0.05) is 32.0 Å². The smallest absolute Gasteiger partial charge is 0.347 e. The summed E-state index contributed by atoms with van der Waals surface area (Å²) in [5.74, 6) is -3.43. The van der Waals surface area contributed by atoms with Crippen molar-refractivity contribution in [3.8, 4) is 0 Å². The Kier molecular flexibility index (Phi) is 9.03. The number of hydrogen-bond acceptors (Lipinski definition) is 3. The Hall–Kier alpha value is -3.50. The second-order valence-electron chi connectivity index (χ2n) is 10.9. The molecule has 4 rings (SSSR count). The molecule has 2 N–H and O–H groups in total. The first-order valence-electron chi connectivity index (χ1n) is 13.9. The van der Waals surface area contributed by atoms with E-state index < -0.39 is 59.3 Å². The van der Waals surface area contributed by atoms with E-state index >= 15 is 0 Å². The van der Waals surface area contributed by atoms with Crippen molar-refractivity contribution in [3.63, 3.8) is 0 Å². The molecular formula is C30H34F5N3O3. The summed E-state index contributed by atoms with van der Waals surface area (Å²) in [5.41, 5.74) is -0.224. The van der Waals surface area contributed by atoms with Gasteiger partial charge in [-0.3, -0.25) is 14.4 Å². The van der Waals surface area contributed by atoms with Crippen molar-refractivity contribution >= 4 is 17.7 Å². The first-order chi connectivity index (χ1) is 19.3. The standard InChI is InChI=1S/C30H34F5N3O3/c1-4-16(2)27(39)37-25(14-18-13-17(3)21(15-23(18)32)30(33,34)35)29(41)38-12-6-9-26(38)28(40)36-24-11-10-19-20(24)7-5-8-22(19)31/h5,7-8,13,15-16,24-26H,4,6,9-12,14H2,1-3H3,(H,36,40)(H,37,39)/t16-,24?,25+,26+/m1/s1. The van der Waals surface area contributed by atoms with Crippen molar-refractivity contribution in [2.24, 2.45) is 5.92 Å². The van der Waals surface area contributed by atoms with Crippen LogP contribution in [0.3, 0.4) is 0 Å². The number of likely N-dealkylation sites (tertiary alicyclic amines) is 1.